The summed E-state index contributed by atoms with van der Waals surface area (Å²) in [6, 6.07) is 21.2. The molecule has 1 aliphatic heterocycles. The Morgan fingerprint density at radius 1 is 0.778 bits per heavy atom. The molecule has 1 heteroatoms. The molecule has 0 saturated carbocycles. The van der Waals surface area contributed by atoms with Crippen molar-refractivity contribution in [2.45, 2.75) is 6.61 Å². The highest BCUT2D eigenvalue weighted by atomic mass is 16.5. The van der Waals surface area contributed by atoms with E-state index in [0.29, 0.717) is 6.61 Å². The Kier molecular flexibility index (Phi) is 1.95. The molecule has 0 bridgehead atoms. The quantitative estimate of drug-likeness (QED) is 0.558. The maximum Gasteiger partial charge on any atom is 0.127 e. The maximum absolute atomic E-state index is 5.80. The largest absolute Gasteiger partial charge is 0.488 e. The van der Waals surface area contributed by atoms with Gasteiger partial charge in [-0.3, -0.25) is 0 Å². The van der Waals surface area contributed by atoms with Gasteiger partial charge in [0.2, 0.25) is 0 Å². The molecule has 0 fully saturated rings. The minimum Gasteiger partial charge on any atom is -0.488 e. The second-order valence-electron chi connectivity index (χ2n) is 4.61. The van der Waals surface area contributed by atoms with E-state index in [0.717, 1.165) is 5.75 Å². The number of benzene rings is 3. The molecule has 86 valence electrons. The van der Waals surface area contributed by atoms with Crippen molar-refractivity contribution in [2.24, 2.45) is 0 Å². The lowest BCUT2D eigenvalue weighted by Gasteiger charge is -2.22. The van der Waals surface area contributed by atoms with Crippen LogP contribution >= 0.6 is 0 Å². The Morgan fingerprint density at radius 3 is 2.61 bits per heavy atom. The summed E-state index contributed by atoms with van der Waals surface area (Å²) in [4.78, 5) is 0. The van der Waals surface area contributed by atoms with Gasteiger partial charge in [-0.25, -0.2) is 0 Å². The fraction of sp³-hybridized carbons (Fsp3) is 0.0588. The van der Waals surface area contributed by atoms with Gasteiger partial charge in [0.25, 0.3) is 0 Å². The normalized spacial score (nSPS) is 12.7. The molecule has 0 amide bonds. The van der Waals surface area contributed by atoms with E-state index in [1.54, 1.807) is 0 Å². The molecule has 0 unspecified atom stereocenters. The van der Waals surface area contributed by atoms with Crippen molar-refractivity contribution in [3.63, 3.8) is 0 Å². The molecule has 0 N–H and O–H groups in total. The van der Waals surface area contributed by atoms with Crippen LogP contribution in [-0.4, -0.2) is 0 Å². The highest BCUT2D eigenvalue weighted by Gasteiger charge is 2.18. The number of hydrogen-bond donors (Lipinski definition) is 0. The smallest absolute Gasteiger partial charge is 0.127 e. The Balaban J connectivity index is 2.15. The van der Waals surface area contributed by atoms with E-state index >= 15 is 0 Å². The van der Waals surface area contributed by atoms with Gasteiger partial charge in [-0.2, -0.15) is 0 Å². The van der Waals surface area contributed by atoms with Crippen LogP contribution in [0, 0.1) is 0 Å². The van der Waals surface area contributed by atoms with Crippen molar-refractivity contribution in [1.82, 2.24) is 0 Å². The summed E-state index contributed by atoms with van der Waals surface area (Å²) in [5.41, 5.74) is 3.80. The Morgan fingerprint density at radius 2 is 1.61 bits per heavy atom. The molecule has 1 nitrogen and oxygen atoms in total. The van der Waals surface area contributed by atoms with Crippen LogP contribution in [0.25, 0.3) is 21.9 Å². The molecule has 0 atom stereocenters. The van der Waals surface area contributed by atoms with Gasteiger partial charge in [0.1, 0.15) is 12.4 Å². The van der Waals surface area contributed by atoms with E-state index in [4.69, 9.17) is 4.74 Å². The van der Waals surface area contributed by atoms with Crippen LogP contribution in [0.5, 0.6) is 5.75 Å². The van der Waals surface area contributed by atoms with E-state index in [1.165, 1.54) is 27.5 Å². The van der Waals surface area contributed by atoms with Gasteiger partial charge < -0.3 is 4.74 Å². The van der Waals surface area contributed by atoms with Crippen LogP contribution in [0.2, 0.25) is 0 Å². The van der Waals surface area contributed by atoms with Gasteiger partial charge in [0.05, 0.1) is 0 Å². The molecular formula is C17H12O. The highest BCUT2D eigenvalue weighted by Crippen LogP contribution is 2.41. The predicted octanol–water partition coefficient (Wildman–Crippen LogP) is 4.40. The predicted molar refractivity (Wildman–Crippen MR) is 73.7 cm³/mol. The van der Waals surface area contributed by atoms with Crippen molar-refractivity contribution in [3.8, 4) is 16.9 Å². The first-order valence-corrected chi connectivity index (χ1v) is 6.16. The molecule has 1 heterocycles. The average Bonchev–Trinajstić information content (AvgIpc) is 2.46. The number of para-hydroxylation sites is 1. The van der Waals surface area contributed by atoms with Crippen LogP contribution in [0.3, 0.4) is 0 Å². The second kappa shape index (κ2) is 3.61. The van der Waals surface area contributed by atoms with Crippen LogP contribution in [-0.2, 0) is 6.61 Å². The summed E-state index contributed by atoms with van der Waals surface area (Å²) in [5.74, 6) is 0.987. The average molecular weight is 232 g/mol. The fourth-order valence-corrected chi connectivity index (χ4v) is 2.71. The summed E-state index contributed by atoms with van der Waals surface area (Å²) >= 11 is 0. The van der Waals surface area contributed by atoms with Crippen molar-refractivity contribution in [2.75, 3.05) is 0 Å². The van der Waals surface area contributed by atoms with Crippen LogP contribution in [0.1, 0.15) is 5.56 Å². The lowest BCUT2D eigenvalue weighted by atomic mass is 9.91. The third-order valence-corrected chi connectivity index (χ3v) is 3.55. The summed E-state index contributed by atoms with van der Waals surface area (Å²) in [7, 11) is 0. The van der Waals surface area contributed by atoms with Gasteiger partial charge in [-0.05, 0) is 28.0 Å². The Labute approximate surface area is 106 Å². The number of hydrogen-bond acceptors (Lipinski definition) is 1. The third kappa shape index (κ3) is 1.28. The summed E-state index contributed by atoms with van der Waals surface area (Å²) in [6.07, 6.45) is 0. The van der Waals surface area contributed by atoms with Gasteiger partial charge in [0, 0.05) is 5.56 Å². The Bertz CT molecular complexity index is 743. The molecule has 0 aromatic heterocycles. The monoisotopic (exact) mass is 232 g/mol. The van der Waals surface area contributed by atoms with Gasteiger partial charge in [-0.15, -0.1) is 0 Å². The summed E-state index contributed by atoms with van der Waals surface area (Å²) in [5, 5.41) is 2.60. The minimum atomic E-state index is 0.664. The first kappa shape index (κ1) is 9.72. The Hall–Kier alpha value is -2.28. The molecule has 0 radical (unpaired) electrons. The van der Waals surface area contributed by atoms with Gasteiger partial charge in [-0.1, -0.05) is 54.6 Å². The molecule has 18 heavy (non-hydrogen) atoms. The van der Waals surface area contributed by atoms with E-state index in [-0.39, 0.29) is 0 Å². The SMILES string of the molecule is c1ccc2c(c1)OCc1ccc3ccccc3c1-2. The maximum atomic E-state index is 5.80. The zero-order chi connectivity index (χ0) is 11.9. The number of ether oxygens (including phenoxy) is 1. The topological polar surface area (TPSA) is 9.23 Å². The summed E-state index contributed by atoms with van der Waals surface area (Å²) in [6.45, 7) is 0.664. The van der Waals surface area contributed by atoms with Crippen LogP contribution in [0.15, 0.2) is 60.7 Å². The van der Waals surface area contributed by atoms with Gasteiger partial charge >= 0.3 is 0 Å². The van der Waals surface area contributed by atoms with Crippen molar-refractivity contribution in [1.29, 1.82) is 0 Å². The standard InChI is InChI=1S/C17H12O/c1-2-6-14-12(5-1)9-10-13-11-18-16-8-4-3-7-15(16)17(13)14/h1-10H,11H2. The molecular weight excluding hydrogens is 220 g/mol. The molecule has 0 aliphatic carbocycles. The molecule has 3 aromatic carbocycles. The number of rotatable bonds is 0. The lowest BCUT2D eigenvalue weighted by molar-refractivity contribution is 0.302. The number of fused-ring (bicyclic) bond motifs is 5. The highest BCUT2D eigenvalue weighted by molar-refractivity contribution is 6.00. The van der Waals surface area contributed by atoms with E-state index in [1.807, 2.05) is 12.1 Å². The third-order valence-electron chi connectivity index (χ3n) is 3.55. The van der Waals surface area contributed by atoms with E-state index in [9.17, 15) is 0 Å². The first-order valence-electron chi connectivity index (χ1n) is 6.16. The van der Waals surface area contributed by atoms with Crippen molar-refractivity contribution < 1.29 is 4.74 Å². The zero-order valence-corrected chi connectivity index (χ0v) is 9.89. The molecule has 0 saturated heterocycles. The van der Waals surface area contributed by atoms with Gasteiger partial charge in [0.15, 0.2) is 0 Å². The fourth-order valence-electron chi connectivity index (χ4n) is 2.71. The minimum absolute atomic E-state index is 0.664. The van der Waals surface area contributed by atoms with Crippen molar-refractivity contribution >= 4 is 10.8 Å². The molecule has 1 aliphatic rings. The summed E-state index contributed by atoms with van der Waals surface area (Å²) < 4.78 is 5.80. The van der Waals surface area contributed by atoms with Crippen LogP contribution < -0.4 is 4.74 Å². The van der Waals surface area contributed by atoms with E-state index < -0.39 is 0 Å². The molecule has 4 rings (SSSR count). The molecule has 0 spiro atoms. The zero-order valence-electron chi connectivity index (χ0n) is 9.89. The second-order valence-corrected chi connectivity index (χ2v) is 4.61. The van der Waals surface area contributed by atoms with E-state index in [2.05, 4.69) is 48.5 Å². The lowest BCUT2D eigenvalue weighted by Crippen LogP contribution is -2.05. The first-order chi connectivity index (χ1) is 8.93. The van der Waals surface area contributed by atoms with Crippen LogP contribution in [0.4, 0.5) is 0 Å². The molecule has 3 aromatic rings. The van der Waals surface area contributed by atoms with Crippen molar-refractivity contribution in [3.05, 3.63) is 66.2 Å².